The van der Waals surface area contributed by atoms with Crippen molar-refractivity contribution in [2.45, 2.75) is 43.4 Å². The summed E-state index contributed by atoms with van der Waals surface area (Å²) < 4.78 is 50.4. The highest BCUT2D eigenvalue weighted by Gasteiger charge is 2.18. The van der Waals surface area contributed by atoms with Crippen molar-refractivity contribution in [3.05, 3.63) is 53.9 Å². The van der Waals surface area contributed by atoms with E-state index < -0.39 is 20.0 Å². The summed E-state index contributed by atoms with van der Waals surface area (Å²) in [5, 5.41) is 5.15. The van der Waals surface area contributed by atoms with Gasteiger partial charge < -0.3 is 0 Å². The largest absolute Gasteiger partial charge is 0.282 e. The van der Waals surface area contributed by atoms with Crippen LogP contribution in [0.2, 0.25) is 0 Å². The molecule has 0 spiro atoms. The first kappa shape index (κ1) is 22.3. The molecule has 3 N–H and O–H groups in total. The number of pyridine rings is 1. The lowest BCUT2D eigenvalue weighted by atomic mass is 9.90. The Morgan fingerprint density at radius 1 is 1.03 bits per heavy atom. The molecule has 1 aliphatic carbocycles. The van der Waals surface area contributed by atoms with Crippen molar-refractivity contribution in [1.82, 2.24) is 4.98 Å². The van der Waals surface area contributed by atoms with Crippen LogP contribution in [0.1, 0.15) is 43.4 Å². The Kier molecular flexibility index (Phi) is 7.13. The van der Waals surface area contributed by atoms with Gasteiger partial charge in [0, 0.05) is 12.1 Å². The molecule has 0 bridgehead atoms. The Balaban J connectivity index is 1.61. The van der Waals surface area contributed by atoms with Gasteiger partial charge in [0.1, 0.15) is 10.6 Å². The number of rotatable bonds is 6. The van der Waals surface area contributed by atoms with E-state index in [1.807, 2.05) is 6.07 Å². The van der Waals surface area contributed by atoms with Crippen LogP contribution in [-0.4, -0.2) is 27.6 Å². The van der Waals surface area contributed by atoms with E-state index in [4.69, 9.17) is 5.14 Å². The third kappa shape index (κ3) is 6.55. The molecule has 0 unspecified atom stereocenters. The number of sulfonamides is 2. The van der Waals surface area contributed by atoms with Crippen molar-refractivity contribution in [2.75, 3.05) is 10.5 Å². The number of nitrogens with two attached hydrogens (primary N) is 1. The number of primary sulfonamides is 1. The summed E-state index contributed by atoms with van der Waals surface area (Å²) in [6.45, 7) is 0. The number of aryl methyl sites for hydroxylation is 1. The predicted octanol–water partition coefficient (Wildman–Crippen LogP) is 2.65. The molecule has 1 saturated carbocycles. The minimum absolute atomic E-state index is 0.0635. The van der Waals surface area contributed by atoms with Gasteiger partial charge in [-0.25, -0.2) is 27.0 Å². The Bertz CT molecular complexity index is 1140. The van der Waals surface area contributed by atoms with Crippen molar-refractivity contribution >= 4 is 25.7 Å². The minimum atomic E-state index is -4.04. The van der Waals surface area contributed by atoms with Gasteiger partial charge in [-0.05, 0) is 48.9 Å². The summed E-state index contributed by atoms with van der Waals surface area (Å²) in [5.41, 5.74) is 1.36. The van der Waals surface area contributed by atoms with Crippen LogP contribution in [0.4, 0.5) is 5.69 Å². The lowest BCUT2D eigenvalue weighted by Gasteiger charge is -2.15. The van der Waals surface area contributed by atoms with E-state index in [9.17, 15) is 16.8 Å². The number of anilines is 1. The van der Waals surface area contributed by atoms with Crippen LogP contribution in [0.25, 0.3) is 0 Å². The molecule has 0 atom stereocenters. The molecule has 1 fully saturated rings. The number of benzene rings is 1. The molecule has 1 aromatic heterocycles. The molecule has 0 saturated heterocycles. The van der Waals surface area contributed by atoms with Gasteiger partial charge in [0.25, 0.3) is 0 Å². The van der Waals surface area contributed by atoms with E-state index >= 15 is 0 Å². The van der Waals surface area contributed by atoms with Crippen LogP contribution in [-0.2, 0) is 26.5 Å². The van der Waals surface area contributed by atoms with Gasteiger partial charge in [-0.2, -0.15) is 0 Å². The van der Waals surface area contributed by atoms with Crippen LogP contribution in [0.3, 0.4) is 0 Å². The van der Waals surface area contributed by atoms with Crippen LogP contribution >= 0.6 is 0 Å². The van der Waals surface area contributed by atoms with Crippen molar-refractivity contribution in [3.8, 4) is 11.8 Å². The second kappa shape index (κ2) is 9.60. The fourth-order valence-corrected chi connectivity index (χ4v) is 5.22. The highest BCUT2D eigenvalue weighted by atomic mass is 32.2. The lowest BCUT2D eigenvalue weighted by Crippen LogP contribution is -2.21. The van der Waals surface area contributed by atoms with Crippen LogP contribution in [0.15, 0.2) is 47.5 Å². The van der Waals surface area contributed by atoms with Crippen LogP contribution in [0.5, 0.6) is 0 Å². The maximum absolute atomic E-state index is 12.4. The summed E-state index contributed by atoms with van der Waals surface area (Å²) >= 11 is 0. The maximum atomic E-state index is 12.4. The Labute approximate surface area is 178 Å². The average Bonchev–Trinajstić information content (AvgIpc) is 2.72. The minimum Gasteiger partial charge on any atom is -0.282 e. The first-order chi connectivity index (χ1) is 14.2. The summed E-state index contributed by atoms with van der Waals surface area (Å²) in [4.78, 5) is 4.04. The van der Waals surface area contributed by atoms with Gasteiger partial charge in [-0.1, -0.05) is 43.4 Å². The van der Waals surface area contributed by atoms with Gasteiger partial charge in [0.15, 0.2) is 0 Å². The zero-order chi connectivity index (χ0) is 21.6. The molecule has 160 valence electrons. The molecule has 3 rings (SSSR count). The molecular weight excluding hydrogens is 422 g/mol. The first-order valence-electron chi connectivity index (χ1n) is 9.82. The summed E-state index contributed by atoms with van der Waals surface area (Å²) in [6.07, 6.45) is 7.90. The third-order valence-corrected chi connectivity index (χ3v) is 7.19. The predicted molar refractivity (Wildman–Crippen MR) is 117 cm³/mol. The first-order valence-corrected chi connectivity index (χ1v) is 13.0. The van der Waals surface area contributed by atoms with Crippen LogP contribution in [0, 0.1) is 17.8 Å². The number of para-hydroxylation sites is 1. The Morgan fingerprint density at radius 2 is 1.77 bits per heavy atom. The van der Waals surface area contributed by atoms with E-state index in [2.05, 4.69) is 21.5 Å². The Hall–Kier alpha value is -2.41. The number of nitrogens with one attached hydrogen (secondary N) is 1. The van der Waals surface area contributed by atoms with E-state index in [-0.39, 0.29) is 22.8 Å². The fourth-order valence-electron chi connectivity index (χ4n) is 3.34. The third-order valence-electron chi connectivity index (χ3n) is 4.95. The van der Waals surface area contributed by atoms with Crippen LogP contribution < -0.4 is 9.86 Å². The molecule has 30 heavy (non-hydrogen) atoms. The lowest BCUT2D eigenvalue weighted by molar-refractivity contribution is 0.430. The van der Waals surface area contributed by atoms with E-state index in [1.54, 1.807) is 12.3 Å². The topological polar surface area (TPSA) is 119 Å². The van der Waals surface area contributed by atoms with Gasteiger partial charge >= 0.3 is 0 Å². The molecule has 1 aliphatic rings. The SMILES string of the molecule is NS(=O)(=O)c1ccccc1NS(=O)(=O)CCc1ccc(C#CC2CCCCC2)nc1. The zero-order valence-corrected chi connectivity index (χ0v) is 18.2. The highest BCUT2D eigenvalue weighted by Crippen LogP contribution is 2.23. The Morgan fingerprint density at radius 3 is 2.43 bits per heavy atom. The van der Waals surface area contributed by atoms with Crippen molar-refractivity contribution < 1.29 is 16.8 Å². The van der Waals surface area contributed by atoms with Crippen molar-refractivity contribution in [1.29, 1.82) is 0 Å². The smallest absolute Gasteiger partial charge is 0.240 e. The number of aromatic nitrogens is 1. The molecule has 7 nitrogen and oxygen atoms in total. The van der Waals surface area contributed by atoms with Crippen molar-refractivity contribution in [2.24, 2.45) is 11.1 Å². The van der Waals surface area contributed by atoms with E-state index in [0.29, 0.717) is 11.6 Å². The van der Waals surface area contributed by atoms with Gasteiger partial charge in [0.2, 0.25) is 20.0 Å². The molecule has 0 aliphatic heterocycles. The summed E-state index contributed by atoms with van der Waals surface area (Å²) in [6, 6.07) is 9.22. The van der Waals surface area contributed by atoms with Gasteiger partial charge in [-0.15, -0.1) is 0 Å². The average molecular weight is 448 g/mol. The summed E-state index contributed by atoms with van der Waals surface area (Å²) in [7, 11) is -7.82. The van der Waals surface area contributed by atoms with Gasteiger partial charge in [0.05, 0.1) is 11.4 Å². The molecule has 0 radical (unpaired) electrons. The zero-order valence-electron chi connectivity index (χ0n) is 16.5. The molecule has 0 amide bonds. The molecular formula is C21H25N3O4S2. The quantitative estimate of drug-likeness (QED) is 0.660. The second-order valence-corrected chi connectivity index (χ2v) is 10.7. The normalized spacial score (nSPS) is 15.2. The van der Waals surface area contributed by atoms with E-state index in [0.717, 1.165) is 18.4 Å². The molecule has 2 aromatic rings. The van der Waals surface area contributed by atoms with Gasteiger partial charge in [-0.3, -0.25) is 4.72 Å². The molecule has 1 aromatic carbocycles. The van der Waals surface area contributed by atoms with E-state index in [1.165, 1.54) is 43.5 Å². The second-order valence-electron chi connectivity index (χ2n) is 7.37. The standard InChI is InChI=1S/C21H25N3O4S2/c22-30(27,28)21-9-5-4-8-20(21)24-29(25,26)15-14-18-11-13-19(23-16-18)12-10-17-6-2-1-3-7-17/h4-5,8-9,11,13,16-17,24H,1-3,6-7,14-15H2,(H2,22,27,28). The maximum Gasteiger partial charge on any atom is 0.240 e. The molecule has 1 heterocycles. The number of nitrogens with zero attached hydrogens (tertiary/aromatic N) is 1. The number of hydrogen-bond donors (Lipinski definition) is 2. The molecule has 9 heteroatoms. The number of hydrogen-bond acceptors (Lipinski definition) is 5. The highest BCUT2D eigenvalue weighted by molar-refractivity contribution is 7.93. The monoisotopic (exact) mass is 447 g/mol. The fraction of sp³-hybridized carbons (Fsp3) is 0.381. The van der Waals surface area contributed by atoms with Crippen molar-refractivity contribution in [3.63, 3.8) is 0 Å². The summed E-state index contributed by atoms with van der Waals surface area (Å²) in [5.74, 6) is 6.61.